The van der Waals surface area contributed by atoms with Crippen LogP contribution >= 0.6 is 0 Å². The van der Waals surface area contributed by atoms with Gasteiger partial charge in [-0.2, -0.15) is 0 Å². The van der Waals surface area contributed by atoms with Gasteiger partial charge in [0.2, 0.25) is 6.26 Å². The number of hydrogen-bond acceptors (Lipinski definition) is 2. The van der Waals surface area contributed by atoms with Gasteiger partial charge in [-0.15, -0.1) is 0 Å². The number of hydrogen-bond donors (Lipinski definition) is 0. The molecule has 1 radical (unpaired) electrons. The molecule has 0 atom stereocenters. The summed E-state index contributed by atoms with van der Waals surface area (Å²) in [7, 11) is 0. The maximum absolute atomic E-state index is 4.62. The molecule has 59 valence electrons. The molecule has 0 aliphatic rings. The van der Waals surface area contributed by atoms with Gasteiger partial charge in [-0.1, -0.05) is 35.0 Å². The minimum Gasteiger partial charge on any atom is -0.352 e. The molecule has 0 unspecified atom stereocenters. The van der Waals surface area contributed by atoms with Gasteiger partial charge in [0.15, 0.2) is 0 Å². The zero-order valence-corrected chi connectivity index (χ0v) is 6.74. The first-order valence-electron chi connectivity index (χ1n) is 3.76. The van der Waals surface area contributed by atoms with Crippen LogP contribution in [-0.4, -0.2) is 5.16 Å². The van der Waals surface area contributed by atoms with Crippen LogP contribution < -0.4 is 0 Å². The summed E-state index contributed by atoms with van der Waals surface area (Å²) in [6, 6.07) is 9.85. The lowest BCUT2D eigenvalue weighted by Gasteiger charge is -1.94. The summed E-state index contributed by atoms with van der Waals surface area (Å²) in [5.41, 5.74) is 3.13. The second-order valence-corrected chi connectivity index (χ2v) is 2.70. The van der Waals surface area contributed by atoms with Crippen molar-refractivity contribution < 1.29 is 4.52 Å². The predicted molar refractivity (Wildman–Crippen MR) is 45.5 cm³/mol. The van der Waals surface area contributed by atoms with E-state index in [2.05, 4.69) is 22.9 Å². The minimum absolute atomic E-state index is 0.829. The van der Waals surface area contributed by atoms with Gasteiger partial charge in [-0.05, 0) is 6.92 Å². The summed E-state index contributed by atoms with van der Waals surface area (Å²) in [5, 5.41) is 3.79. The van der Waals surface area contributed by atoms with Crippen molar-refractivity contribution >= 4 is 0 Å². The summed E-state index contributed by atoms with van der Waals surface area (Å²) in [6.07, 6.45) is 2.56. The van der Waals surface area contributed by atoms with E-state index in [4.69, 9.17) is 0 Å². The fourth-order valence-electron chi connectivity index (χ4n) is 1.04. The molecule has 0 fully saturated rings. The van der Waals surface area contributed by atoms with Gasteiger partial charge in [0, 0.05) is 11.6 Å². The Bertz CT molecular complexity index is 348. The summed E-state index contributed by atoms with van der Waals surface area (Å²) in [4.78, 5) is 0. The first kappa shape index (κ1) is 7.10. The van der Waals surface area contributed by atoms with Crippen LogP contribution in [-0.2, 0) is 0 Å². The quantitative estimate of drug-likeness (QED) is 0.637. The van der Waals surface area contributed by atoms with Crippen LogP contribution in [0.3, 0.4) is 0 Å². The average molecular weight is 158 g/mol. The smallest absolute Gasteiger partial charge is 0.205 e. The van der Waals surface area contributed by atoms with E-state index in [9.17, 15) is 0 Å². The monoisotopic (exact) mass is 158 g/mol. The Hall–Kier alpha value is -1.57. The second-order valence-electron chi connectivity index (χ2n) is 2.70. The molecule has 2 nitrogen and oxygen atoms in total. The lowest BCUT2D eigenvalue weighted by atomic mass is 10.1. The van der Waals surface area contributed by atoms with Crippen molar-refractivity contribution in [3.05, 3.63) is 42.2 Å². The number of benzene rings is 1. The maximum atomic E-state index is 4.62. The van der Waals surface area contributed by atoms with Crippen LogP contribution in [0.2, 0.25) is 0 Å². The first-order chi connectivity index (χ1) is 5.86. The van der Waals surface area contributed by atoms with Crippen molar-refractivity contribution in [1.82, 2.24) is 5.16 Å². The minimum atomic E-state index is 0.829. The van der Waals surface area contributed by atoms with E-state index >= 15 is 0 Å². The van der Waals surface area contributed by atoms with E-state index < -0.39 is 0 Å². The van der Waals surface area contributed by atoms with E-state index in [1.807, 2.05) is 24.3 Å². The largest absolute Gasteiger partial charge is 0.352 e. The van der Waals surface area contributed by atoms with E-state index in [0.29, 0.717) is 0 Å². The van der Waals surface area contributed by atoms with Crippen LogP contribution in [0, 0.1) is 13.2 Å². The third-order valence-corrected chi connectivity index (χ3v) is 1.74. The van der Waals surface area contributed by atoms with E-state index in [0.717, 1.165) is 11.3 Å². The molecule has 1 aromatic heterocycles. The second kappa shape index (κ2) is 2.81. The van der Waals surface area contributed by atoms with Gasteiger partial charge in [-0.25, -0.2) is 0 Å². The zero-order valence-electron chi connectivity index (χ0n) is 6.74. The third-order valence-electron chi connectivity index (χ3n) is 1.74. The molecule has 0 N–H and O–H groups in total. The normalized spacial score (nSPS) is 10.1. The molecule has 12 heavy (non-hydrogen) atoms. The Balaban J connectivity index is 2.43. The van der Waals surface area contributed by atoms with Crippen molar-refractivity contribution in [1.29, 1.82) is 0 Å². The topological polar surface area (TPSA) is 26.0 Å². The van der Waals surface area contributed by atoms with Crippen molar-refractivity contribution in [2.75, 3.05) is 0 Å². The summed E-state index contributed by atoms with van der Waals surface area (Å²) < 4.78 is 4.62. The SMILES string of the molecule is Cc1ccc(-c2c[c]on2)cc1. The van der Waals surface area contributed by atoms with Gasteiger partial charge in [-0.3, -0.25) is 0 Å². The molecular weight excluding hydrogens is 150 g/mol. The molecule has 0 aliphatic carbocycles. The molecule has 2 heteroatoms. The molecule has 1 heterocycles. The third kappa shape index (κ3) is 1.23. The van der Waals surface area contributed by atoms with E-state index in [1.165, 1.54) is 5.56 Å². The Labute approximate surface area is 70.8 Å². The lowest BCUT2D eigenvalue weighted by molar-refractivity contribution is 0.415. The van der Waals surface area contributed by atoms with Crippen LogP contribution in [0.25, 0.3) is 11.3 Å². The molecule has 0 saturated carbocycles. The molecule has 0 spiro atoms. The highest BCUT2D eigenvalue weighted by atomic mass is 16.5. The highest BCUT2D eigenvalue weighted by Gasteiger charge is 1.98. The van der Waals surface area contributed by atoms with Crippen LogP contribution in [0.1, 0.15) is 5.56 Å². The van der Waals surface area contributed by atoms with Gasteiger partial charge in [0.25, 0.3) is 0 Å². The standard InChI is InChI=1S/C10H8NO/c1-8-2-4-9(5-3-8)10-6-7-12-11-10/h2-6H,1H3. The number of aromatic nitrogens is 1. The summed E-state index contributed by atoms with van der Waals surface area (Å²) in [6.45, 7) is 2.05. The molecule has 2 aromatic rings. The van der Waals surface area contributed by atoms with Gasteiger partial charge < -0.3 is 4.52 Å². The maximum Gasteiger partial charge on any atom is 0.205 e. The molecule has 0 saturated heterocycles. The Kier molecular flexibility index (Phi) is 1.67. The molecule has 0 bridgehead atoms. The molecular formula is C10H8NO. The number of aryl methyl sites for hydroxylation is 1. The van der Waals surface area contributed by atoms with Crippen LogP contribution in [0.5, 0.6) is 0 Å². The number of nitrogens with zero attached hydrogens (tertiary/aromatic N) is 1. The first-order valence-corrected chi connectivity index (χ1v) is 3.76. The fraction of sp³-hybridized carbons (Fsp3) is 0.100. The zero-order chi connectivity index (χ0) is 8.39. The van der Waals surface area contributed by atoms with Crippen LogP contribution in [0.4, 0.5) is 0 Å². The van der Waals surface area contributed by atoms with Crippen molar-refractivity contribution in [3.63, 3.8) is 0 Å². The Morgan fingerprint density at radius 3 is 2.58 bits per heavy atom. The average Bonchev–Trinajstić information content (AvgIpc) is 2.58. The summed E-state index contributed by atoms with van der Waals surface area (Å²) >= 11 is 0. The van der Waals surface area contributed by atoms with Crippen LogP contribution in [0.15, 0.2) is 34.9 Å². The molecule has 2 rings (SSSR count). The highest BCUT2D eigenvalue weighted by molar-refractivity contribution is 5.58. The molecule has 1 aromatic carbocycles. The highest BCUT2D eigenvalue weighted by Crippen LogP contribution is 2.16. The Morgan fingerprint density at radius 1 is 1.25 bits per heavy atom. The van der Waals surface area contributed by atoms with Crippen molar-refractivity contribution in [2.24, 2.45) is 0 Å². The van der Waals surface area contributed by atoms with Crippen molar-refractivity contribution in [2.45, 2.75) is 6.92 Å². The lowest BCUT2D eigenvalue weighted by Crippen LogP contribution is -1.76. The van der Waals surface area contributed by atoms with Gasteiger partial charge >= 0.3 is 0 Å². The van der Waals surface area contributed by atoms with E-state index in [1.54, 1.807) is 6.07 Å². The Morgan fingerprint density at radius 2 is 2.00 bits per heavy atom. The predicted octanol–water partition coefficient (Wildman–Crippen LogP) is 2.45. The van der Waals surface area contributed by atoms with E-state index in [-0.39, 0.29) is 0 Å². The number of rotatable bonds is 1. The fourth-order valence-corrected chi connectivity index (χ4v) is 1.04. The summed E-state index contributed by atoms with van der Waals surface area (Å²) in [5.74, 6) is 0. The van der Waals surface area contributed by atoms with Crippen molar-refractivity contribution in [3.8, 4) is 11.3 Å². The molecule has 0 amide bonds. The molecule has 0 aliphatic heterocycles. The van der Waals surface area contributed by atoms with Gasteiger partial charge in [0.05, 0.1) is 0 Å². The van der Waals surface area contributed by atoms with Gasteiger partial charge in [0.1, 0.15) is 5.69 Å².